The number of phenols is 1. The van der Waals surface area contributed by atoms with Crippen molar-refractivity contribution in [1.82, 2.24) is 0 Å². The van der Waals surface area contributed by atoms with Crippen molar-refractivity contribution in [3.63, 3.8) is 0 Å². The maximum Gasteiger partial charge on any atom is 0.119 e. The number of aromatic hydroxyl groups is 1. The van der Waals surface area contributed by atoms with Crippen LogP contribution >= 0.6 is 0 Å². The second-order valence-electron chi connectivity index (χ2n) is 3.78. The topological polar surface area (TPSA) is 40.5 Å². The minimum Gasteiger partial charge on any atom is -0.508 e. The van der Waals surface area contributed by atoms with E-state index in [1.54, 1.807) is 12.1 Å². The molecular weight excluding hydrogens is 224 g/mol. The normalized spacial score (nSPS) is 9.50. The van der Waals surface area contributed by atoms with Crippen LogP contribution in [0.1, 0.15) is 30.5 Å². The van der Waals surface area contributed by atoms with E-state index < -0.39 is 0 Å². The lowest BCUT2D eigenvalue weighted by Gasteiger charge is -2.06. The van der Waals surface area contributed by atoms with E-state index >= 15 is 0 Å². The molecule has 0 aromatic heterocycles. The number of aliphatic hydroxyl groups is 1. The number of aliphatic hydroxyl groups excluding tert-OH is 1. The highest BCUT2D eigenvalue weighted by Gasteiger charge is 2.03. The van der Waals surface area contributed by atoms with Gasteiger partial charge in [-0.15, -0.1) is 0 Å². The molecule has 0 saturated carbocycles. The molecule has 0 atom stereocenters. The van der Waals surface area contributed by atoms with Gasteiger partial charge in [0.25, 0.3) is 0 Å². The molecule has 2 aromatic rings. The Morgan fingerprint density at radius 3 is 2.17 bits per heavy atom. The summed E-state index contributed by atoms with van der Waals surface area (Å²) in [6.45, 7) is 4.00. The van der Waals surface area contributed by atoms with Gasteiger partial charge in [-0.05, 0) is 28.8 Å². The Labute approximate surface area is 109 Å². The molecule has 0 fully saturated rings. The van der Waals surface area contributed by atoms with Crippen LogP contribution in [0, 0.1) is 0 Å². The van der Waals surface area contributed by atoms with Gasteiger partial charge in [0.1, 0.15) is 5.75 Å². The lowest BCUT2D eigenvalue weighted by atomic mass is 10.0. The first-order valence-corrected chi connectivity index (χ1v) is 6.25. The SMILES string of the molecule is CC.OCc1ccc(O)c(Cc2ccccc2)c1. The number of hydrogen-bond donors (Lipinski definition) is 2. The zero-order valence-electron chi connectivity index (χ0n) is 10.9. The molecule has 0 bridgehead atoms. The number of rotatable bonds is 3. The number of benzene rings is 2. The molecule has 2 aromatic carbocycles. The third kappa shape index (κ3) is 3.90. The van der Waals surface area contributed by atoms with Crippen molar-refractivity contribution in [2.45, 2.75) is 26.9 Å². The van der Waals surface area contributed by atoms with Crippen molar-refractivity contribution in [3.05, 3.63) is 65.2 Å². The van der Waals surface area contributed by atoms with Crippen LogP contribution in [0.25, 0.3) is 0 Å². The van der Waals surface area contributed by atoms with Gasteiger partial charge in [-0.25, -0.2) is 0 Å². The summed E-state index contributed by atoms with van der Waals surface area (Å²) in [4.78, 5) is 0. The Kier molecular flexibility index (Phi) is 5.95. The summed E-state index contributed by atoms with van der Waals surface area (Å²) in [5.41, 5.74) is 2.81. The van der Waals surface area contributed by atoms with Crippen molar-refractivity contribution in [2.75, 3.05) is 0 Å². The Morgan fingerprint density at radius 1 is 0.889 bits per heavy atom. The van der Waals surface area contributed by atoms with Crippen molar-refractivity contribution in [1.29, 1.82) is 0 Å². The van der Waals surface area contributed by atoms with Gasteiger partial charge in [0.15, 0.2) is 0 Å². The Hall–Kier alpha value is -1.80. The monoisotopic (exact) mass is 244 g/mol. The molecule has 2 rings (SSSR count). The Balaban J connectivity index is 0.000000771. The van der Waals surface area contributed by atoms with Crippen LogP contribution in [0.3, 0.4) is 0 Å². The molecule has 0 aliphatic rings. The first-order chi connectivity index (χ1) is 8.79. The minimum atomic E-state index is 0.00205. The van der Waals surface area contributed by atoms with Gasteiger partial charge in [-0.3, -0.25) is 0 Å². The fourth-order valence-corrected chi connectivity index (χ4v) is 1.69. The fourth-order valence-electron chi connectivity index (χ4n) is 1.69. The molecule has 0 aliphatic carbocycles. The predicted molar refractivity (Wildman–Crippen MR) is 74.6 cm³/mol. The molecule has 0 radical (unpaired) electrons. The van der Waals surface area contributed by atoms with Gasteiger partial charge in [0, 0.05) is 6.42 Å². The highest BCUT2D eigenvalue weighted by molar-refractivity contribution is 5.39. The lowest BCUT2D eigenvalue weighted by molar-refractivity contribution is 0.281. The van der Waals surface area contributed by atoms with E-state index in [1.807, 2.05) is 50.2 Å². The summed E-state index contributed by atoms with van der Waals surface area (Å²) in [5.74, 6) is 0.279. The number of phenolic OH excluding ortho intramolecular Hbond substituents is 1. The van der Waals surface area contributed by atoms with E-state index in [1.165, 1.54) is 0 Å². The van der Waals surface area contributed by atoms with Gasteiger partial charge in [-0.2, -0.15) is 0 Å². The molecule has 0 aliphatic heterocycles. The maximum absolute atomic E-state index is 9.71. The summed E-state index contributed by atoms with van der Waals surface area (Å²) in [7, 11) is 0. The van der Waals surface area contributed by atoms with E-state index in [2.05, 4.69) is 0 Å². The molecule has 18 heavy (non-hydrogen) atoms. The van der Waals surface area contributed by atoms with Crippen molar-refractivity contribution >= 4 is 0 Å². The number of hydrogen-bond acceptors (Lipinski definition) is 2. The average molecular weight is 244 g/mol. The van der Waals surface area contributed by atoms with Crippen LogP contribution in [-0.4, -0.2) is 10.2 Å². The molecule has 2 nitrogen and oxygen atoms in total. The van der Waals surface area contributed by atoms with Crippen molar-refractivity contribution < 1.29 is 10.2 Å². The lowest BCUT2D eigenvalue weighted by Crippen LogP contribution is -1.91. The minimum absolute atomic E-state index is 0.00205. The third-order valence-corrected chi connectivity index (χ3v) is 2.56. The molecule has 0 amide bonds. The molecular formula is C16H20O2. The quantitative estimate of drug-likeness (QED) is 0.867. The van der Waals surface area contributed by atoms with Gasteiger partial charge in [-0.1, -0.05) is 50.2 Å². The molecule has 0 saturated heterocycles. The smallest absolute Gasteiger partial charge is 0.119 e. The van der Waals surface area contributed by atoms with Gasteiger partial charge in [0.05, 0.1) is 6.61 Å². The maximum atomic E-state index is 9.71. The van der Waals surface area contributed by atoms with Gasteiger partial charge < -0.3 is 10.2 Å². The summed E-state index contributed by atoms with van der Waals surface area (Å²) >= 11 is 0. The summed E-state index contributed by atoms with van der Waals surface area (Å²) < 4.78 is 0. The third-order valence-electron chi connectivity index (χ3n) is 2.56. The first-order valence-electron chi connectivity index (χ1n) is 6.25. The van der Waals surface area contributed by atoms with E-state index in [0.717, 1.165) is 16.7 Å². The van der Waals surface area contributed by atoms with E-state index in [9.17, 15) is 5.11 Å². The Bertz CT molecular complexity index is 464. The largest absolute Gasteiger partial charge is 0.508 e. The molecule has 0 unspecified atom stereocenters. The average Bonchev–Trinajstić information content (AvgIpc) is 2.45. The molecule has 96 valence electrons. The first kappa shape index (κ1) is 14.3. The molecule has 0 spiro atoms. The zero-order chi connectivity index (χ0) is 13.4. The van der Waals surface area contributed by atoms with E-state index in [-0.39, 0.29) is 12.4 Å². The molecule has 2 heteroatoms. The summed E-state index contributed by atoms with van der Waals surface area (Å²) in [6, 6.07) is 15.1. The Morgan fingerprint density at radius 2 is 1.56 bits per heavy atom. The van der Waals surface area contributed by atoms with Crippen molar-refractivity contribution in [3.8, 4) is 5.75 Å². The van der Waals surface area contributed by atoms with E-state index in [0.29, 0.717) is 6.42 Å². The molecule has 2 N–H and O–H groups in total. The summed E-state index contributed by atoms with van der Waals surface area (Å²) in [6.07, 6.45) is 0.681. The second kappa shape index (κ2) is 7.51. The van der Waals surface area contributed by atoms with Crippen LogP contribution in [0.5, 0.6) is 5.75 Å². The zero-order valence-corrected chi connectivity index (χ0v) is 10.9. The van der Waals surface area contributed by atoms with Crippen LogP contribution in [0.4, 0.5) is 0 Å². The van der Waals surface area contributed by atoms with Gasteiger partial charge in [0.2, 0.25) is 0 Å². The van der Waals surface area contributed by atoms with Gasteiger partial charge >= 0.3 is 0 Å². The summed E-state index contributed by atoms with van der Waals surface area (Å²) in [5, 5.41) is 18.7. The van der Waals surface area contributed by atoms with Crippen LogP contribution < -0.4 is 0 Å². The van der Waals surface area contributed by atoms with E-state index in [4.69, 9.17) is 5.11 Å². The van der Waals surface area contributed by atoms with Crippen molar-refractivity contribution in [2.24, 2.45) is 0 Å². The van der Waals surface area contributed by atoms with Crippen LogP contribution in [0.15, 0.2) is 48.5 Å². The highest BCUT2D eigenvalue weighted by Crippen LogP contribution is 2.21. The standard InChI is InChI=1S/C14H14O2.C2H6/c15-10-12-6-7-14(16)13(9-12)8-11-4-2-1-3-5-11;1-2/h1-7,9,15-16H,8,10H2;1-2H3. The van der Waals surface area contributed by atoms with Crippen LogP contribution in [0.2, 0.25) is 0 Å². The fraction of sp³-hybridized carbons (Fsp3) is 0.250. The molecule has 0 heterocycles. The second-order valence-corrected chi connectivity index (χ2v) is 3.78. The predicted octanol–water partition coefficient (Wildman–Crippen LogP) is 3.50. The highest BCUT2D eigenvalue weighted by atomic mass is 16.3. The van der Waals surface area contributed by atoms with Crippen LogP contribution in [-0.2, 0) is 13.0 Å².